The van der Waals surface area contributed by atoms with Crippen molar-refractivity contribution < 1.29 is 66.2 Å². The van der Waals surface area contributed by atoms with E-state index in [4.69, 9.17) is 23.7 Å². The molecule has 2 aliphatic heterocycles. The maximum absolute atomic E-state index is 14.1. The molecule has 13 unspecified atom stereocenters. The second-order valence-corrected chi connectivity index (χ2v) is 17.8. The number of hydrogen-bond acceptors (Lipinski definition) is 13. The monoisotopic (exact) mass is 895 g/mol. The van der Waals surface area contributed by atoms with Crippen molar-refractivity contribution in [2.45, 2.75) is 141 Å². The Balaban J connectivity index is 1.83. The Morgan fingerprint density at radius 2 is 1.62 bits per heavy atom. The van der Waals surface area contributed by atoms with Gasteiger partial charge in [0.15, 0.2) is 6.29 Å². The number of carbonyl (C=O) groups is 2. The Bertz CT molecular complexity index is 1860. The number of likely N-dealkylation sites (N-methyl/N-ethyl adjacent to an activating group) is 1. The highest BCUT2D eigenvalue weighted by Gasteiger charge is 2.49. The second-order valence-electron chi connectivity index (χ2n) is 17.8. The summed E-state index contributed by atoms with van der Waals surface area (Å²) in [5, 5.41) is 44.0. The normalized spacial score (nSPS) is 34.8. The van der Waals surface area contributed by atoms with Crippen LogP contribution in [0.5, 0.6) is 0 Å². The third-order valence-corrected chi connectivity index (χ3v) is 12.5. The van der Waals surface area contributed by atoms with Crippen molar-refractivity contribution in [1.82, 2.24) is 4.90 Å². The van der Waals surface area contributed by atoms with Gasteiger partial charge in [-0.1, -0.05) is 52.0 Å². The minimum Gasteiger partial charge on any atom is -0.461 e. The second kappa shape index (κ2) is 21.9. The van der Waals surface area contributed by atoms with Crippen molar-refractivity contribution >= 4 is 23.9 Å². The van der Waals surface area contributed by atoms with Crippen molar-refractivity contribution in [2.24, 2.45) is 33.9 Å². The highest BCUT2D eigenvalue weighted by Crippen LogP contribution is 2.39. The summed E-state index contributed by atoms with van der Waals surface area (Å²) in [7, 11) is 5.22. The van der Waals surface area contributed by atoms with Gasteiger partial charge in [0.25, 0.3) is 0 Å². The molecule has 2 aromatic rings. The Labute approximate surface area is 367 Å². The minimum atomic E-state index is -4.57. The van der Waals surface area contributed by atoms with Gasteiger partial charge in [0.05, 0.1) is 48.5 Å². The van der Waals surface area contributed by atoms with Crippen LogP contribution in [0.1, 0.15) is 90.8 Å². The van der Waals surface area contributed by atoms with Crippen LogP contribution in [0.25, 0.3) is 0 Å². The SMILES string of the molecule is CCC1OC(=O)C(C)C(OC(=O)Cc2ccc(C(F)(F)F)cc2)C(C)CC(COC2C(O)OC(C)CC2N(C)C)(OC)CC(C)C(=NN=Cc2ccc(F)cc2)C(C)C(O)C1(C)O. The number of aliphatic hydroxyl groups is 3. The lowest BCUT2D eigenvalue weighted by atomic mass is 9.74. The van der Waals surface area contributed by atoms with Gasteiger partial charge in [-0.3, -0.25) is 9.59 Å². The molecule has 2 saturated heterocycles. The summed E-state index contributed by atoms with van der Waals surface area (Å²) in [5.74, 6) is -5.41. The summed E-state index contributed by atoms with van der Waals surface area (Å²) in [4.78, 5) is 29.7. The highest BCUT2D eigenvalue weighted by molar-refractivity contribution is 5.90. The molecule has 0 saturated carbocycles. The zero-order valence-corrected chi connectivity index (χ0v) is 37.8. The van der Waals surface area contributed by atoms with Gasteiger partial charge in [0.1, 0.15) is 29.7 Å². The summed E-state index contributed by atoms with van der Waals surface area (Å²) < 4.78 is 84.3. The Hall–Kier alpha value is -3.84. The third-order valence-electron chi connectivity index (χ3n) is 12.5. The number of cyclic esters (lactones) is 1. The molecule has 0 spiro atoms. The lowest BCUT2D eigenvalue weighted by Crippen LogP contribution is -2.57. The van der Waals surface area contributed by atoms with Gasteiger partial charge in [0.2, 0.25) is 0 Å². The van der Waals surface area contributed by atoms with Gasteiger partial charge in [-0.2, -0.15) is 23.4 Å². The zero-order chi connectivity index (χ0) is 47.0. The molecule has 3 N–H and O–H groups in total. The van der Waals surface area contributed by atoms with E-state index in [1.54, 1.807) is 20.8 Å². The molecule has 0 amide bonds. The molecule has 63 heavy (non-hydrogen) atoms. The van der Waals surface area contributed by atoms with Gasteiger partial charge in [0, 0.05) is 24.8 Å². The molecular weight excluding hydrogens is 831 g/mol. The first-order valence-electron chi connectivity index (χ1n) is 21.4. The van der Waals surface area contributed by atoms with Crippen LogP contribution in [0.15, 0.2) is 58.7 Å². The van der Waals surface area contributed by atoms with E-state index in [1.165, 1.54) is 63.6 Å². The van der Waals surface area contributed by atoms with E-state index in [0.717, 1.165) is 12.1 Å². The summed E-state index contributed by atoms with van der Waals surface area (Å²) in [6.45, 7) is 11.5. The Morgan fingerprint density at radius 1 is 0.984 bits per heavy atom. The van der Waals surface area contributed by atoms with E-state index in [2.05, 4.69) is 10.2 Å². The number of halogens is 4. The number of rotatable bonds is 11. The highest BCUT2D eigenvalue weighted by atomic mass is 19.4. The maximum Gasteiger partial charge on any atom is 0.416 e. The Kier molecular flexibility index (Phi) is 18.0. The largest absolute Gasteiger partial charge is 0.461 e. The quantitative estimate of drug-likeness (QED) is 0.0992. The predicted molar refractivity (Wildman–Crippen MR) is 227 cm³/mol. The number of methoxy groups -OCH3 is 1. The fourth-order valence-corrected chi connectivity index (χ4v) is 8.86. The maximum atomic E-state index is 14.1. The molecule has 0 aliphatic carbocycles. The van der Waals surface area contributed by atoms with Gasteiger partial charge in [-0.25, -0.2) is 4.39 Å². The average molecular weight is 896 g/mol. The zero-order valence-electron chi connectivity index (χ0n) is 37.8. The molecule has 352 valence electrons. The number of hydrogen-bond donors (Lipinski definition) is 3. The molecule has 0 aromatic heterocycles. The molecule has 13 atom stereocenters. The molecular formula is C46H65F4N3O10. The Morgan fingerprint density at radius 3 is 2.19 bits per heavy atom. The van der Waals surface area contributed by atoms with Gasteiger partial charge >= 0.3 is 18.1 Å². The number of benzene rings is 2. The molecule has 13 nitrogen and oxygen atoms in total. The van der Waals surface area contributed by atoms with Crippen molar-refractivity contribution in [3.05, 3.63) is 71.0 Å². The van der Waals surface area contributed by atoms with Crippen LogP contribution in [0.4, 0.5) is 17.6 Å². The predicted octanol–water partition coefficient (Wildman–Crippen LogP) is 6.37. The van der Waals surface area contributed by atoms with Crippen LogP contribution in [0.3, 0.4) is 0 Å². The lowest BCUT2D eigenvalue weighted by Gasteiger charge is -2.45. The summed E-state index contributed by atoms with van der Waals surface area (Å²) in [6.07, 6.45) is -9.11. The third kappa shape index (κ3) is 13.4. The van der Waals surface area contributed by atoms with E-state index in [9.17, 15) is 42.5 Å². The molecule has 2 aromatic carbocycles. The number of nitrogens with zero attached hydrogens (tertiary/aromatic N) is 3. The minimum absolute atomic E-state index is 0.0778. The summed E-state index contributed by atoms with van der Waals surface area (Å²) in [5.41, 5.74) is -3.08. The van der Waals surface area contributed by atoms with Crippen LogP contribution in [-0.4, -0.2) is 126 Å². The number of alkyl halides is 3. The first kappa shape index (κ1) is 51.8. The average Bonchev–Trinajstić information content (AvgIpc) is 3.21. The number of ether oxygens (including phenoxy) is 5. The molecule has 2 aliphatic rings. The first-order valence-corrected chi connectivity index (χ1v) is 21.4. The molecule has 0 radical (unpaired) electrons. The van der Waals surface area contributed by atoms with Gasteiger partial charge < -0.3 is 43.9 Å². The van der Waals surface area contributed by atoms with Crippen LogP contribution >= 0.6 is 0 Å². The van der Waals surface area contributed by atoms with E-state index in [0.29, 0.717) is 17.7 Å². The van der Waals surface area contributed by atoms with Crippen LogP contribution in [-0.2, 0) is 45.9 Å². The molecule has 2 fully saturated rings. The molecule has 17 heteroatoms. The number of esters is 2. The van der Waals surface area contributed by atoms with Crippen molar-refractivity contribution in [3.63, 3.8) is 0 Å². The van der Waals surface area contributed by atoms with Gasteiger partial charge in [-0.05, 0) is 108 Å². The molecule has 0 bridgehead atoms. The summed E-state index contributed by atoms with van der Waals surface area (Å²) >= 11 is 0. The van der Waals surface area contributed by atoms with Crippen molar-refractivity contribution in [1.29, 1.82) is 0 Å². The van der Waals surface area contributed by atoms with E-state index in [-0.39, 0.29) is 43.6 Å². The fourth-order valence-electron chi connectivity index (χ4n) is 8.86. The lowest BCUT2D eigenvalue weighted by molar-refractivity contribution is -0.256. The topological polar surface area (TPSA) is 169 Å². The standard InChI is InChI=1S/C46H65F4N3O10/c1-11-36-44(7,58)41(55)29(5)38(52-51-24-32-14-18-34(47)19-15-32)26(2)22-45(59-10,25-60-40-35(53(8)9)20-28(4)61-43(40)57)23-27(3)39(30(6)42(56)62-36)63-37(54)21-31-12-16-33(17-13-31)46(48,49)50/h12-19,24,26-30,35-36,39-41,43,55,57-58H,11,20-23,25H2,1-10H3. The van der Waals surface area contributed by atoms with Gasteiger partial charge in [-0.15, -0.1) is 0 Å². The van der Waals surface area contributed by atoms with Crippen molar-refractivity contribution in [3.8, 4) is 0 Å². The summed E-state index contributed by atoms with van der Waals surface area (Å²) in [6, 6.07) is 9.43. The van der Waals surface area contributed by atoms with Crippen LogP contribution < -0.4 is 0 Å². The molecule has 2 heterocycles. The number of aliphatic hydroxyl groups excluding tert-OH is 2. The van der Waals surface area contributed by atoms with Crippen molar-refractivity contribution in [2.75, 3.05) is 27.8 Å². The van der Waals surface area contributed by atoms with Crippen LogP contribution in [0, 0.1) is 29.5 Å². The van der Waals surface area contributed by atoms with Crippen LogP contribution in [0.2, 0.25) is 0 Å². The van der Waals surface area contributed by atoms with E-state index < -0.39 is 101 Å². The van der Waals surface area contributed by atoms with E-state index >= 15 is 0 Å². The fraction of sp³-hybridized carbons (Fsp3) is 0.652. The molecule has 4 rings (SSSR count). The number of carbonyl (C=O) groups excluding carboxylic acids is 2. The first-order chi connectivity index (χ1) is 29.4. The smallest absolute Gasteiger partial charge is 0.416 e. The van der Waals surface area contributed by atoms with E-state index in [1.807, 2.05) is 32.8 Å².